The van der Waals surface area contributed by atoms with E-state index in [4.69, 9.17) is 11.6 Å². The summed E-state index contributed by atoms with van der Waals surface area (Å²) in [6, 6.07) is 3.94. The van der Waals surface area contributed by atoms with Crippen molar-refractivity contribution in [3.05, 3.63) is 24.5 Å². The normalized spacial score (nSPS) is 12.6. The van der Waals surface area contributed by atoms with Crippen LogP contribution in [0, 0.1) is 0 Å². The van der Waals surface area contributed by atoms with Crippen molar-refractivity contribution in [2.75, 3.05) is 18.5 Å². The van der Waals surface area contributed by atoms with E-state index in [1.165, 1.54) is 0 Å². The third-order valence-corrected chi connectivity index (χ3v) is 1.77. The molecule has 0 saturated heterocycles. The largest absolute Gasteiger partial charge is 0.373 e. The molecule has 0 aliphatic heterocycles. The molecule has 2 nitrogen and oxygen atoms in total. The van der Waals surface area contributed by atoms with Crippen LogP contribution < -0.4 is 4.90 Å². The number of halogens is 1. The first-order valence-electron chi connectivity index (χ1n) is 3.95. The Labute approximate surface area is 78.2 Å². The second kappa shape index (κ2) is 4.31. The summed E-state index contributed by atoms with van der Waals surface area (Å²) in [6.45, 7) is 2.84. The van der Waals surface area contributed by atoms with Crippen molar-refractivity contribution < 1.29 is 0 Å². The van der Waals surface area contributed by atoms with Gasteiger partial charge in [0, 0.05) is 37.1 Å². The van der Waals surface area contributed by atoms with Crippen molar-refractivity contribution in [3.63, 3.8) is 0 Å². The van der Waals surface area contributed by atoms with Crippen LogP contribution in [-0.4, -0.2) is 24.0 Å². The van der Waals surface area contributed by atoms with Crippen LogP contribution in [-0.2, 0) is 0 Å². The molecule has 0 fully saturated rings. The van der Waals surface area contributed by atoms with Gasteiger partial charge in [-0.2, -0.15) is 0 Å². The Balaban J connectivity index is 2.59. The van der Waals surface area contributed by atoms with Crippen molar-refractivity contribution >= 4 is 17.3 Å². The van der Waals surface area contributed by atoms with Crippen LogP contribution in [0.5, 0.6) is 0 Å². The van der Waals surface area contributed by atoms with Crippen LogP contribution in [0.4, 0.5) is 5.69 Å². The molecule has 0 radical (unpaired) electrons. The number of pyridine rings is 1. The average Bonchev–Trinajstić information content (AvgIpc) is 2.05. The number of hydrogen-bond acceptors (Lipinski definition) is 2. The second-order valence-corrected chi connectivity index (χ2v) is 3.61. The Morgan fingerprint density at radius 3 is 2.58 bits per heavy atom. The van der Waals surface area contributed by atoms with Crippen LogP contribution in [0.25, 0.3) is 0 Å². The van der Waals surface area contributed by atoms with E-state index in [9.17, 15) is 0 Å². The standard InChI is InChI=1S/C9H13ClN2/c1-8(10)7-12(2)9-3-5-11-6-4-9/h3-6,8H,7H2,1-2H3. The minimum absolute atomic E-state index is 0.170. The summed E-state index contributed by atoms with van der Waals surface area (Å²) in [5.41, 5.74) is 1.15. The predicted octanol–water partition coefficient (Wildman–Crippen LogP) is 2.15. The Kier molecular flexibility index (Phi) is 3.35. The Morgan fingerprint density at radius 2 is 2.08 bits per heavy atom. The lowest BCUT2D eigenvalue weighted by atomic mass is 10.3. The first-order valence-corrected chi connectivity index (χ1v) is 4.39. The molecule has 12 heavy (non-hydrogen) atoms. The van der Waals surface area contributed by atoms with Crippen molar-refractivity contribution in [2.45, 2.75) is 12.3 Å². The van der Waals surface area contributed by atoms with E-state index in [0.717, 1.165) is 12.2 Å². The van der Waals surface area contributed by atoms with Crippen molar-refractivity contribution in [1.29, 1.82) is 0 Å². The minimum Gasteiger partial charge on any atom is -0.373 e. The van der Waals surface area contributed by atoms with Gasteiger partial charge in [0.1, 0.15) is 0 Å². The van der Waals surface area contributed by atoms with Gasteiger partial charge in [0.05, 0.1) is 0 Å². The van der Waals surface area contributed by atoms with Gasteiger partial charge in [-0.15, -0.1) is 11.6 Å². The summed E-state index contributed by atoms with van der Waals surface area (Å²) in [7, 11) is 2.02. The van der Waals surface area contributed by atoms with Crippen molar-refractivity contribution in [1.82, 2.24) is 4.98 Å². The lowest BCUT2D eigenvalue weighted by molar-refractivity contribution is 0.858. The number of rotatable bonds is 3. The number of alkyl halides is 1. The van der Waals surface area contributed by atoms with Gasteiger partial charge >= 0.3 is 0 Å². The minimum atomic E-state index is 0.170. The van der Waals surface area contributed by atoms with Crippen LogP contribution in [0.3, 0.4) is 0 Å². The molecular formula is C9H13ClN2. The van der Waals surface area contributed by atoms with Crippen LogP contribution >= 0.6 is 11.6 Å². The van der Waals surface area contributed by atoms with Crippen LogP contribution in [0.15, 0.2) is 24.5 Å². The smallest absolute Gasteiger partial charge is 0.0482 e. The van der Waals surface area contributed by atoms with E-state index >= 15 is 0 Å². The zero-order valence-corrected chi connectivity index (χ0v) is 8.12. The molecule has 1 rings (SSSR count). The lowest BCUT2D eigenvalue weighted by Gasteiger charge is -2.19. The topological polar surface area (TPSA) is 16.1 Å². The van der Waals surface area contributed by atoms with E-state index in [0.29, 0.717) is 0 Å². The molecule has 0 N–H and O–H groups in total. The molecule has 0 aliphatic rings. The van der Waals surface area contributed by atoms with Gasteiger partial charge in [-0.05, 0) is 19.1 Å². The van der Waals surface area contributed by atoms with E-state index in [1.54, 1.807) is 12.4 Å². The molecule has 66 valence electrons. The SMILES string of the molecule is CC(Cl)CN(C)c1ccncc1. The van der Waals surface area contributed by atoms with Gasteiger partial charge in [0.2, 0.25) is 0 Å². The fraction of sp³-hybridized carbons (Fsp3) is 0.444. The molecule has 1 aromatic rings. The van der Waals surface area contributed by atoms with Gasteiger partial charge in [-0.1, -0.05) is 0 Å². The summed E-state index contributed by atoms with van der Waals surface area (Å²) >= 11 is 5.87. The highest BCUT2D eigenvalue weighted by Crippen LogP contribution is 2.10. The summed E-state index contributed by atoms with van der Waals surface area (Å²) in [4.78, 5) is 6.06. The lowest BCUT2D eigenvalue weighted by Crippen LogP contribution is -2.23. The maximum absolute atomic E-state index is 5.87. The van der Waals surface area contributed by atoms with E-state index in [1.807, 2.05) is 26.1 Å². The van der Waals surface area contributed by atoms with Gasteiger partial charge in [0.25, 0.3) is 0 Å². The second-order valence-electron chi connectivity index (χ2n) is 2.87. The molecular weight excluding hydrogens is 172 g/mol. The molecule has 1 heterocycles. The molecule has 1 atom stereocenters. The Bertz CT molecular complexity index is 223. The molecule has 3 heteroatoms. The van der Waals surface area contributed by atoms with Crippen LogP contribution in [0.2, 0.25) is 0 Å². The highest BCUT2D eigenvalue weighted by atomic mass is 35.5. The molecule has 1 aromatic heterocycles. The highest BCUT2D eigenvalue weighted by molar-refractivity contribution is 6.20. The summed E-state index contributed by atoms with van der Waals surface area (Å²) in [5.74, 6) is 0. The maximum atomic E-state index is 5.87. The molecule has 0 amide bonds. The maximum Gasteiger partial charge on any atom is 0.0482 e. The van der Waals surface area contributed by atoms with Crippen molar-refractivity contribution in [2.24, 2.45) is 0 Å². The van der Waals surface area contributed by atoms with Gasteiger partial charge in [-0.25, -0.2) is 0 Å². The fourth-order valence-corrected chi connectivity index (χ4v) is 1.29. The molecule has 0 spiro atoms. The van der Waals surface area contributed by atoms with Gasteiger partial charge in [-0.3, -0.25) is 4.98 Å². The van der Waals surface area contributed by atoms with Crippen molar-refractivity contribution in [3.8, 4) is 0 Å². The molecule has 1 unspecified atom stereocenters. The van der Waals surface area contributed by atoms with E-state index in [-0.39, 0.29) is 5.38 Å². The fourth-order valence-electron chi connectivity index (χ4n) is 1.08. The zero-order chi connectivity index (χ0) is 8.97. The first kappa shape index (κ1) is 9.33. The number of anilines is 1. The monoisotopic (exact) mass is 184 g/mol. The molecule has 0 aliphatic carbocycles. The van der Waals surface area contributed by atoms with E-state index < -0.39 is 0 Å². The Morgan fingerprint density at radius 1 is 1.50 bits per heavy atom. The van der Waals surface area contributed by atoms with Crippen LogP contribution in [0.1, 0.15) is 6.92 Å². The number of hydrogen-bond donors (Lipinski definition) is 0. The van der Waals surface area contributed by atoms with Gasteiger partial charge in [0.15, 0.2) is 0 Å². The average molecular weight is 185 g/mol. The molecule has 0 saturated carbocycles. The van der Waals surface area contributed by atoms with E-state index in [2.05, 4.69) is 9.88 Å². The summed E-state index contributed by atoms with van der Waals surface area (Å²) in [6.07, 6.45) is 3.56. The first-order chi connectivity index (χ1) is 5.70. The highest BCUT2D eigenvalue weighted by Gasteiger charge is 2.02. The van der Waals surface area contributed by atoms with Gasteiger partial charge < -0.3 is 4.90 Å². The third-order valence-electron chi connectivity index (χ3n) is 1.63. The third kappa shape index (κ3) is 2.70. The zero-order valence-electron chi connectivity index (χ0n) is 7.37. The molecule has 0 bridgehead atoms. The quantitative estimate of drug-likeness (QED) is 0.670. The number of aromatic nitrogens is 1. The predicted molar refractivity (Wildman–Crippen MR) is 52.8 cm³/mol. The molecule has 0 aromatic carbocycles. The Hall–Kier alpha value is -0.760. The summed E-state index contributed by atoms with van der Waals surface area (Å²) < 4.78 is 0. The summed E-state index contributed by atoms with van der Waals surface area (Å²) in [5, 5.41) is 0.170. The number of nitrogens with zero attached hydrogens (tertiary/aromatic N) is 2.